The molecule has 58 heavy (non-hydrogen) atoms. The fourth-order valence-electron chi connectivity index (χ4n) is 6.02. The van der Waals surface area contributed by atoms with Crippen molar-refractivity contribution in [3.63, 3.8) is 0 Å². The van der Waals surface area contributed by atoms with Gasteiger partial charge in [0.2, 0.25) is 11.8 Å². The minimum atomic E-state index is -1.02. The highest BCUT2D eigenvalue weighted by atomic mass is 35.5. The lowest BCUT2D eigenvalue weighted by atomic mass is 10.1. The summed E-state index contributed by atoms with van der Waals surface area (Å²) in [6.45, 7) is 8.55. The summed E-state index contributed by atoms with van der Waals surface area (Å²) in [6, 6.07) is 0. The third-order valence-corrected chi connectivity index (χ3v) is 9.36. The van der Waals surface area contributed by atoms with E-state index in [1.807, 2.05) is 0 Å². The van der Waals surface area contributed by atoms with E-state index in [-0.39, 0.29) is 28.9 Å². The molecule has 0 spiro atoms. The van der Waals surface area contributed by atoms with Crippen LogP contribution >= 0.6 is 11.6 Å². The van der Waals surface area contributed by atoms with Crippen molar-refractivity contribution < 1.29 is 38.6 Å². The van der Waals surface area contributed by atoms with E-state index in [2.05, 4.69) is 60.0 Å². The van der Waals surface area contributed by atoms with Crippen molar-refractivity contribution >= 4 is 41.3 Å². The van der Waals surface area contributed by atoms with E-state index in [0.717, 1.165) is 84.4 Å². The van der Waals surface area contributed by atoms with Crippen LogP contribution in [0.3, 0.4) is 0 Å². The summed E-state index contributed by atoms with van der Waals surface area (Å²) in [5, 5.41) is 15.4. The Morgan fingerprint density at radius 2 is 0.983 bits per heavy atom. The van der Waals surface area contributed by atoms with Gasteiger partial charge in [-0.25, -0.2) is 34.3 Å². The molecule has 2 amide bonds. The summed E-state index contributed by atoms with van der Waals surface area (Å²) in [6.07, 6.45) is 8.58. The first kappa shape index (κ1) is 43.0. The molecule has 0 saturated heterocycles. The highest BCUT2D eigenvalue weighted by Crippen LogP contribution is 2.18. The van der Waals surface area contributed by atoms with E-state index < -0.39 is 17.9 Å². The van der Waals surface area contributed by atoms with Crippen molar-refractivity contribution in [2.75, 3.05) is 40.4 Å². The average Bonchev–Trinajstić information content (AvgIpc) is 3.25. The van der Waals surface area contributed by atoms with E-state index in [4.69, 9.17) is 16.7 Å². The van der Waals surface area contributed by atoms with E-state index in [1.54, 1.807) is 16.7 Å². The Hall–Kier alpha value is -6.12. The predicted octanol–water partition coefficient (Wildman–Crippen LogP) is 0.932. The number of aromatic carboxylic acids is 1. The number of nitrogens with zero attached hydrogens (tertiary/aromatic N) is 10. The summed E-state index contributed by atoms with van der Waals surface area (Å²) < 4.78 is 9.15. The molecule has 21 heteroatoms. The largest absolute Gasteiger partial charge is 0.476 e. The van der Waals surface area contributed by atoms with Crippen LogP contribution in [0.25, 0.3) is 0 Å². The summed E-state index contributed by atoms with van der Waals surface area (Å²) in [5.41, 5.74) is 7.29. The van der Waals surface area contributed by atoms with Gasteiger partial charge in [0.25, 0.3) is 0 Å². The molecule has 8 heterocycles. The lowest BCUT2D eigenvalue weighted by Crippen LogP contribution is -2.35. The van der Waals surface area contributed by atoms with Crippen LogP contribution in [-0.4, -0.2) is 125 Å². The number of carboxylic acid groups (broad SMARTS) is 1. The first-order valence-electron chi connectivity index (χ1n) is 18.2. The van der Waals surface area contributed by atoms with Crippen molar-refractivity contribution in [1.82, 2.24) is 60.3 Å². The lowest BCUT2D eigenvalue weighted by molar-refractivity contribution is -0.130. The summed E-state index contributed by atoms with van der Waals surface area (Å²) >= 11 is 5.72. The number of esters is 2. The summed E-state index contributed by atoms with van der Waals surface area (Å²) in [7, 11) is 2.64. The molecular formula is C37H43ClN12O8. The Labute approximate surface area is 338 Å². The zero-order valence-corrected chi connectivity index (χ0v) is 33.2. The van der Waals surface area contributed by atoms with Crippen molar-refractivity contribution in [3.05, 3.63) is 92.6 Å². The molecule has 0 aliphatic carbocycles. The van der Waals surface area contributed by atoms with Crippen molar-refractivity contribution in [2.24, 2.45) is 0 Å². The number of fused-ring (bicyclic) bond motifs is 4. The maximum absolute atomic E-state index is 11.3. The Morgan fingerprint density at radius 1 is 0.586 bits per heavy atom. The molecule has 0 atom stereocenters. The van der Waals surface area contributed by atoms with Gasteiger partial charge in [-0.3, -0.25) is 29.5 Å². The van der Waals surface area contributed by atoms with Gasteiger partial charge >= 0.3 is 17.9 Å². The third kappa shape index (κ3) is 11.5. The Bertz CT molecular complexity index is 2170. The van der Waals surface area contributed by atoms with Gasteiger partial charge in [0.15, 0.2) is 17.1 Å². The van der Waals surface area contributed by atoms with Crippen molar-refractivity contribution in [2.45, 2.75) is 65.7 Å². The second-order valence-electron chi connectivity index (χ2n) is 13.1. The number of aromatic nitrogens is 8. The summed E-state index contributed by atoms with van der Waals surface area (Å²) in [4.78, 5) is 91.9. The molecule has 4 aliphatic rings. The number of carboxylic acids is 1. The van der Waals surface area contributed by atoms with Crippen LogP contribution in [0.2, 0.25) is 5.15 Å². The van der Waals surface area contributed by atoms with Crippen molar-refractivity contribution in [1.29, 1.82) is 0 Å². The molecule has 20 nitrogen and oxygen atoms in total. The predicted molar refractivity (Wildman–Crippen MR) is 203 cm³/mol. The molecule has 4 aromatic rings. The number of ether oxygens (including phenoxy) is 2. The highest BCUT2D eigenvalue weighted by molar-refractivity contribution is 6.29. The van der Waals surface area contributed by atoms with E-state index in [1.165, 1.54) is 45.9 Å². The van der Waals surface area contributed by atoms with Crippen LogP contribution in [0.1, 0.15) is 90.9 Å². The van der Waals surface area contributed by atoms with Gasteiger partial charge < -0.3 is 35.0 Å². The SMILES string of the molecule is CC(=O)N1CCc2nc(Cl)cnc2C1.COC(=O)c1cnc2c(n1)CCN(C(C)=O)C2.COC(=O)c1cnc2c(n1)CCNC2.O=C(O)c1cnc2c(n1)CCNC2. The number of nitrogens with one attached hydrogen (secondary N) is 2. The zero-order valence-electron chi connectivity index (χ0n) is 32.4. The molecule has 0 radical (unpaired) electrons. The molecular weight excluding hydrogens is 776 g/mol. The Kier molecular flexibility index (Phi) is 15.1. The second kappa shape index (κ2) is 20.3. The van der Waals surface area contributed by atoms with Gasteiger partial charge in [-0.1, -0.05) is 11.6 Å². The first-order valence-corrected chi connectivity index (χ1v) is 18.6. The minimum absolute atomic E-state index is 0.0227. The van der Waals surface area contributed by atoms with Gasteiger partial charge in [0.1, 0.15) is 5.15 Å². The number of rotatable bonds is 3. The molecule has 0 saturated carbocycles. The van der Waals surface area contributed by atoms with Crippen molar-refractivity contribution in [3.8, 4) is 0 Å². The van der Waals surface area contributed by atoms with Crippen LogP contribution in [-0.2, 0) is 70.9 Å². The van der Waals surface area contributed by atoms with E-state index in [9.17, 15) is 24.0 Å². The number of hydrogen-bond acceptors (Lipinski definition) is 17. The molecule has 3 N–H and O–H groups in total. The maximum Gasteiger partial charge on any atom is 0.358 e. The monoisotopic (exact) mass is 818 g/mol. The van der Waals surface area contributed by atoms with Crippen LogP contribution < -0.4 is 10.6 Å². The smallest absolute Gasteiger partial charge is 0.358 e. The lowest BCUT2D eigenvalue weighted by Gasteiger charge is -2.26. The van der Waals surface area contributed by atoms with Gasteiger partial charge in [0.05, 0.1) is 97.6 Å². The molecule has 306 valence electrons. The average molecular weight is 819 g/mol. The van der Waals surface area contributed by atoms with Gasteiger partial charge in [-0.15, -0.1) is 0 Å². The second-order valence-corrected chi connectivity index (χ2v) is 13.4. The Morgan fingerprint density at radius 3 is 1.43 bits per heavy atom. The molecule has 0 aromatic carbocycles. The number of hydrogen-bond donors (Lipinski definition) is 3. The summed E-state index contributed by atoms with van der Waals surface area (Å²) in [5.74, 6) is -1.84. The molecule has 0 fully saturated rings. The minimum Gasteiger partial charge on any atom is -0.476 e. The number of halogens is 1. The van der Waals surface area contributed by atoms with Crippen LogP contribution in [0.15, 0.2) is 24.8 Å². The quantitative estimate of drug-likeness (QED) is 0.243. The number of carbonyl (C=O) groups is 5. The van der Waals surface area contributed by atoms with E-state index in [0.29, 0.717) is 44.3 Å². The standard InChI is InChI=1S/C11H13N3O3.C9H10ClN3O.C9H11N3O2.C8H9N3O2/c1-7(15)14-4-3-8-10(6-14)12-5-9(13-8)11(16)17-2;1-6(14)13-3-2-7-8(5-13)11-4-9(10)12-7;1-14-9(13)8-5-11-7-4-10-3-2-6(7)12-8;12-8(13)7-4-10-6-3-9-2-1-5(6)11-7/h5H,3-4,6H2,1-2H3;4H,2-3,5H2,1H3;5,10H,2-4H2,1H3;4,9H,1-3H2,(H,12,13). The first-order chi connectivity index (χ1) is 27.9. The fraction of sp³-hybridized carbons (Fsp3) is 0.432. The fourth-order valence-corrected chi connectivity index (χ4v) is 6.17. The molecule has 4 aromatic heterocycles. The van der Waals surface area contributed by atoms with Gasteiger partial charge in [-0.05, 0) is 0 Å². The highest BCUT2D eigenvalue weighted by Gasteiger charge is 2.23. The molecule has 0 bridgehead atoms. The molecule has 4 aliphatic heterocycles. The topological polar surface area (TPSA) is 258 Å². The maximum atomic E-state index is 11.3. The van der Waals surface area contributed by atoms with E-state index >= 15 is 0 Å². The van der Waals surface area contributed by atoms with Gasteiger partial charge in [0, 0.05) is 78.8 Å². The third-order valence-electron chi connectivity index (χ3n) is 9.17. The van der Waals surface area contributed by atoms with Crippen LogP contribution in [0.5, 0.6) is 0 Å². The Balaban J connectivity index is 0.000000148. The normalized spacial score (nSPS) is 14.7. The molecule has 8 rings (SSSR count). The molecule has 0 unspecified atom stereocenters. The zero-order chi connectivity index (χ0) is 41.8. The number of amides is 2. The van der Waals surface area contributed by atoms with Crippen LogP contribution in [0.4, 0.5) is 0 Å². The number of carbonyl (C=O) groups excluding carboxylic acids is 4. The number of methoxy groups -OCH3 is 2. The van der Waals surface area contributed by atoms with Crippen LogP contribution in [0, 0.1) is 0 Å². The van der Waals surface area contributed by atoms with Gasteiger partial charge in [-0.2, -0.15) is 0 Å².